The van der Waals surface area contributed by atoms with Gasteiger partial charge >= 0.3 is 0 Å². The third-order valence-electron chi connectivity index (χ3n) is 2.26. The monoisotopic (exact) mass is 312 g/mol. The van der Waals surface area contributed by atoms with Crippen LogP contribution in [0.1, 0.15) is 5.56 Å². The van der Waals surface area contributed by atoms with Crippen LogP contribution in [0, 0.1) is 0 Å². The maximum atomic E-state index is 9.26. The topological polar surface area (TPSA) is 29.5 Å². The third-order valence-corrected chi connectivity index (χ3v) is 3.11. The van der Waals surface area contributed by atoms with E-state index in [4.69, 9.17) is 16.3 Å². The van der Waals surface area contributed by atoms with Crippen molar-refractivity contribution in [1.29, 1.82) is 0 Å². The van der Waals surface area contributed by atoms with Crippen molar-refractivity contribution in [2.24, 2.45) is 0 Å². The van der Waals surface area contributed by atoms with E-state index in [1.807, 2.05) is 24.3 Å². The molecule has 1 N–H and O–H groups in total. The summed E-state index contributed by atoms with van der Waals surface area (Å²) >= 11 is 9.35. The standard InChI is InChI=1S/C13H10BrClO2/c14-9-3-1-4-10(7-9)17-13-6-2-5-12(15)11(13)8-16/h1-7,16H,8H2. The minimum Gasteiger partial charge on any atom is -0.457 e. The summed E-state index contributed by atoms with van der Waals surface area (Å²) in [5.41, 5.74) is 0.592. The Balaban J connectivity index is 2.33. The summed E-state index contributed by atoms with van der Waals surface area (Å²) in [4.78, 5) is 0. The number of aliphatic hydroxyl groups is 1. The highest BCUT2D eigenvalue weighted by molar-refractivity contribution is 9.10. The summed E-state index contributed by atoms with van der Waals surface area (Å²) in [6.07, 6.45) is 0. The molecule has 4 heteroatoms. The molecule has 0 aliphatic rings. The molecule has 2 rings (SSSR count). The van der Waals surface area contributed by atoms with Gasteiger partial charge in [0, 0.05) is 15.1 Å². The molecule has 0 heterocycles. The molecule has 0 atom stereocenters. The van der Waals surface area contributed by atoms with Crippen LogP contribution in [-0.2, 0) is 6.61 Å². The van der Waals surface area contributed by atoms with Crippen molar-refractivity contribution in [3.63, 3.8) is 0 Å². The summed E-state index contributed by atoms with van der Waals surface area (Å²) in [5, 5.41) is 9.76. The molecule has 0 aromatic heterocycles. The first-order valence-electron chi connectivity index (χ1n) is 5.02. The van der Waals surface area contributed by atoms with Crippen LogP contribution in [0.5, 0.6) is 11.5 Å². The summed E-state index contributed by atoms with van der Waals surface area (Å²) in [7, 11) is 0. The SMILES string of the molecule is OCc1c(Cl)cccc1Oc1cccc(Br)c1. The van der Waals surface area contributed by atoms with E-state index in [-0.39, 0.29) is 6.61 Å². The van der Waals surface area contributed by atoms with E-state index >= 15 is 0 Å². The highest BCUT2D eigenvalue weighted by Gasteiger charge is 2.08. The molecule has 17 heavy (non-hydrogen) atoms. The number of halogens is 2. The molecule has 0 bridgehead atoms. The maximum Gasteiger partial charge on any atom is 0.134 e. The van der Waals surface area contributed by atoms with Crippen LogP contribution in [-0.4, -0.2) is 5.11 Å². The van der Waals surface area contributed by atoms with Gasteiger partial charge < -0.3 is 9.84 Å². The predicted octanol–water partition coefficient (Wildman–Crippen LogP) is 4.39. The second-order valence-corrected chi connectivity index (χ2v) is 4.76. The van der Waals surface area contributed by atoms with E-state index in [0.717, 1.165) is 4.47 Å². The van der Waals surface area contributed by atoms with Crippen molar-refractivity contribution in [3.05, 3.63) is 57.5 Å². The van der Waals surface area contributed by atoms with E-state index in [0.29, 0.717) is 22.1 Å². The van der Waals surface area contributed by atoms with Crippen LogP contribution >= 0.6 is 27.5 Å². The van der Waals surface area contributed by atoms with E-state index < -0.39 is 0 Å². The van der Waals surface area contributed by atoms with Gasteiger partial charge in [-0.25, -0.2) is 0 Å². The number of benzene rings is 2. The first-order chi connectivity index (χ1) is 8.20. The largest absolute Gasteiger partial charge is 0.457 e. The van der Waals surface area contributed by atoms with Gasteiger partial charge in [0.05, 0.1) is 6.61 Å². The normalized spacial score (nSPS) is 10.3. The zero-order valence-electron chi connectivity index (χ0n) is 8.86. The molecule has 88 valence electrons. The molecule has 0 saturated heterocycles. The second-order valence-electron chi connectivity index (χ2n) is 3.43. The molecule has 0 unspecified atom stereocenters. The molecule has 0 fully saturated rings. The van der Waals surface area contributed by atoms with E-state index in [1.165, 1.54) is 0 Å². The Kier molecular flexibility index (Phi) is 4.05. The van der Waals surface area contributed by atoms with Crippen molar-refractivity contribution < 1.29 is 9.84 Å². The number of hydrogen-bond acceptors (Lipinski definition) is 2. The van der Waals surface area contributed by atoms with Crippen LogP contribution < -0.4 is 4.74 Å². The number of aliphatic hydroxyl groups excluding tert-OH is 1. The van der Waals surface area contributed by atoms with Gasteiger partial charge in [-0.3, -0.25) is 0 Å². The second kappa shape index (κ2) is 5.54. The van der Waals surface area contributed by atoms with Crippen LogP contribution in [0.2, 0.25) is 5.02 Å². The van der Waals surface area contributed by atoms with Crippen LogP contribution in [0.15, 0.2) is 46.9 Å². The lowest BCUT2D eigenvalue weighted by Gasteiger charge is -2.11. The molecule has 0 aliphatic heterocycles. The highest BCUT2D eigenvalue weighted by atomic mass is 79.9. The molecule has 0 amide bonds. The Hall–Kier alpha value is -1.03. The van der Waals surface area contributed by atoms with Gasteiger partial charge in [0.15, 0.2) is 0 Å². The molecule has 2 aromatic carbocycles. The number of rotatable bonds is 3. The van der Waals surface area contributed by atoms with Crippen molar-refractivity contribution >= 4 is 27.5 Å². The van der Waals surface area contributed by atoms with Crippen molar-refractivity contribution in [2.75, 3.05) is 0 Å². The Morgan fingerprint density at radius 3 is 2.65 bits per heavy atom. The summed E-state index contributed by atoms with van der Waals surface area (Å²) in [6, 6.07) is 12.8. The van der Waals surface area contributed by atoms with Crippen LogP contribution in [0.4, 0.5) is 0 Å². The summed E-state index contributed by atoms with van der Waals surface area (Å²) in [5.74, 6) is 1.26. The Morgan fingerprint density at radius 1 is 1.18 bits per heavy atom. The lowest BCUT2D eigenvalue weighted by molar-refractivity contribution is 0.276. The summed E-state index contributed by atoms with van der Waals surface area (Å²) < 4.78 is 6.62. The number of ether oxygens (including phenoxy) is 1. The van der Waals surface area contributed by atoms with Gasteiger partial charge in [-0.05, 0) is 30.3 Å². The summed E-state index contributed by atoms with van der Waals surface area (Å²) in [6.45, 7) is -0.150. The first-order valence-corrected chi connectivity index (χ1v) is 6.19. The zero-order valence-corrected chi connectivity index (χ0v) is 11.2. The molecule has 2 aromatic rings. The van der Waals surface area contributed by atoms with Crippen molar-refractivity contribution in [3.8, 4) is 11.5 Å². The molecule has 2 nitrogen and oxygen atoms in total. The predicted molar refractivity (Wildman–Crippen MR) is 71.6 cm³/mol. The third kappa shape index (κ3) is 3.00. The fourth-order valence-corrected chi connectivity index (χ4v) is 2.05. The van der Waals surface area contributed by atoms with Gasteiger partial charge in [0.1, 0.15) is 11.5 Å². The molecular formula is C13H10BrClO2. The van der Waals surface area contributed by atoms with E-state index in [9.17, 15) is 5.11 Å². The molecule has 0 aliphatic carbocycles. The molecule has 0 spiro atoms. The average Bonchev–Trinajstić information content (AvgIpc) is 2.29. The Bertz CT molecular complexity index is 529. The van der Waals surface area contributed by atoms with Crippen molar-refractivity contribution in [2.45, 2.75) is 6.61 Å². The van der Waals surface area contributed by atoms with Gasteiger partial charge in [0.2, 0.25) is 0 Å². The zero-order chi connectivity index (χ0) is 12.3. The van der Waals surface area contributed by atoms with Gasteiger partial charge in [-0.2, -0.15) is 0 Å². The molecular weight excluding hydrogens is 303 g/mol. The quantitative estimate of drug-likeness (QED) is 0.911. The first kappa shape index (κ1) is 12.4. The molecule has 0 radical (unpaired) electrons. The minimum absolute atomic E-state index is 0.150. The van der Waals surface area contributed by atoms with Gasteiger partial charge in [-0.1, -0.05) is 39.7 Å². The smallest absolute Gasteiger partial charge is 0.134 e. The highest BCUT2D eigenvalue weighted by Crippen LogP contribution is 2.31. The van der Waals surface area contributed by atoms with Gasteiger partial charge in [-0.15, -0.1) is 0 Å². The van der Waals surface area contributed by atoms with Gasteiger partial charge in [0.25, 0.3) is 0 Å². The lowest BCUT2D eigenvalue weighted by Crippen LogP contribution is -1.92. The number of hydrogen-bond donors (Lipinski definition) is 1. The van der Waals surface area contributed by atoms with E-state index in [2.05, 4.69) is 15.9 Å². The Morgan fingerprint density at radius 2 is 1.94 bits per heavy atom. The van der Waals surface area contributed by atoms with Crippen molar-refractivity contribution in [1.82, 2.24) is 0 Å². The minimum atomic E-state index is -0.150. The Labute approximate surface area is 113 Å². The lowest BCUT2D eigenvalue weighted by atomic mass is 10.2. The van der Waals surface area contributed by atoms with Crippen LogP contribution in [0.3, 0.4) is 0 Å². The fraction of sp³-hybridized carbons (Fsp3) is 0.0769. The van der Waals surface area contributed by atoms with Crippen LogP contribution in [0.25, 0.3) is 0 Å². The average molecular weight is 314 g/mol. The maximum absolute atomic E-state index is 9.26. The van der Waals surface area contributed by atoms with E-state index in [1.54, 1.807) is 18.2 Å². The fourth-order valence-electron chi connectivity index (χ4n) is 1.45. The molecule has 0 saturated carbocycles.